The molecule has 160 valence electrons. The predicted molar refractivity (Wildman–Crippen MR) is 107 cm³/mol. The Hall–Kier alpha value is -3.40. The Morgan fingerprint density at radius 2 is 1.94 bits per heavy atom. The summed E-state index contributed by atoms with van der Waals surface area (Å²) in [5, 5.41) is 6.80. The lowest BCUT2D eigenvalue weighted by Gasteiger charge is -2.19. The molecule has 3 aromatic rings. The molecule has 2 amide bonds. The number of halogens is 4. The number of anilines is 2. The zero-order chi connectivity index (χ0) is 22.2. The summed E-state index contributed by atoms with van der Waals surface area (Å²) in [5.41, 5.74) is -0.321. The van der Waals surface area contributed by atoms with Gasteiger partial charge in [0.1, 0.15) is 12.7 Å². The minimum atomic E-state index is -4.59. The summed E-state index contributed by atoms with van der Waals surface area (Å²) in [6.07, 6.45) is -2.16. The molecule has 1 fully saturated rings. The molecule has 0 aliphatic carbocycles. The van der Waals surface area contributed by atoms with Crippen molar-refractivity contribution in [2.24, 2.45) is 5.92 Å². The number of nitrogens with one attached hydrogen (secondary N) is 1. The average molecular weight is 450 g/mol. The fourth-order valence-electron chi connectivity index (χ4n) is 3.37. The van der Waals surface area contributed by atoms with Crippen LogP contribution >= 0.6 is 11.6 Å². The number of rotatable bonds is 4. The lowest BCUT2D eigenvalue weighted by molar-refractivity contribution is -0.137. The zero-order valence-corrected chi connectivity index (χ0v) is 16.6. The van der Waals surface area contributed by atoms with Crippen LogP contribution in [-0.4, -0.2) is 33.1 Å². The molecule has 11 heteroatoms. The maximum Gasteiger partial charge on any atom is 0.416 e. The van der Waals surface area contributed by atoms with Crippen molar-refractivity contribution in [2.45, 2.75) is 12.6 Å². The van der Waals surface area contributed by atoms with Gasteiger partial charge in [-0.2, -0.15) is 18.3 Å². The van der Waals surface area contributed by atoms with Gasteiger partial charge in [-0.05, 0) is 30.3 Å². The quantitative estimate of drug-likeness (QED) is 0.654. The van der Waals surface area contributed by atoms with Crippen molar-refractivity contribution >= 4 is 34.8 Å². The molecule has 1 saturated heterocycles. The van der Waals surface area contributed by atoms with Gasteiger partial charge in [0.2, 0.25) is 11.8 Å². The fraction of sp³-hybridized carbons (Fsp3) is 0.200. The van der Waals surface area contributed by atoms with Crippen molar-refractivity contribution in [1.29, 1.82) is 0 Å². The molecule has 1 aliphatic rings. The van der Waals surface area contributed by atoms with Crippen LogP contribution in [0.2, 0.25) is 5.02 Å². The molecule has 0 spiro atoms. The molecule has 1 N–H and O–H groups in total. The van der Waals surface area contributed by atoms with E-state index in [1.54, 1.807) is 24.3 Å². The van der Waals surface area contributed by atoms with Crippen LogP contribution in [0.4, 0.5) is 24.5 Å². The van der Waals surface area contributed by atoms with E-state index in [1.807, 2.05) is 0 Å². The first-order valence-electron chi connectivity index (χ1n) is 9.16. The van der Waals surface area contributed by atoms with E-state index in [0.717, 1.165) is 12.1 Å². The molecular formula is C20H15ClF3N5O2. The maximum absolute atomic E-state index is 13.2. The molecule has 1 unspecified atom stereocenters. The fourth-order valence-corrected chi connectivity index (χ4v) is 3.60. The molecule has 4 rings (SSSR count). The van der Waals surface area contributed by atoms with Crippen LogP contribution in [0, 0.1) is 5.92 Å². The Labute approximate surface area is 179 Å². The average Bonchev–Trinajstić information content (AvgIpc) is 3.38. The van der Waals surface area contributed by atoms with E-state index in [9.17, 15) is 22.8 Å². The molecule has 2 heterocycles. The number of nitrogens with zero attached hydrogens (tertiary/aromatic N) is 4. The molecule has 1 atom stereocenters. The smallest absolute Gasteiger partial charge is 0.324 e. The normalized spacial score (nSPS) is 16.6. The van der Waals surface area contributed by atoms with Gasteiger partial charge < -0.3 is 10.2 Å². The van der Waals surface area contributed by atoms with E-state index < -0.39 is 23.6 Å². The number of benzene rings is 2. The van der Waals surface area contributed by atoms with Gasteiger partial charge >= 0.3 is 6.18 Å². The summed E-state index contributed by atoms with van der Waals surface area (Å²) in [7, 11) is 0. The third-order valence-corrected chi connectivity index (χ3v) is 5.21. The monoisotopic (exact) mass is 449 g/mol. The summed E-state index contributed by atoms with van der Waals surface area (Å²) in [4.78, 5) is 30.5. The first kappa shape index (κ1) is 20.9. The van der Waals surface area contributed by atoms with E-state index in [-0.39, 0.29) is 30.2 Å². The highest BCUT2D eigenvalue weighted by molar-refractivity contribution is 6.33. The number of carbonyl (C=O) groups excluding carboxylic acids is 2. The third kappa shape index (κ3) is 4.24. The van der Waals surface area contributed by atoms with Gasteiger partial charge in [0, 0.05) is 13.0 Å². The number of hydrogen-bond donors (Lipinski definition) is 1. The number of amides is 2. The summed E-state index contributed by atoms with van der Waals surface area (Å²) >= 11 is 6.15. The number of carbonyl (C=O) groups is 2. The van der Waals surface area contributed by atoms with Crippen molar-refractivity contribution in [3.63, 3.8) is 0 Å². The second kappa shape index (κ2) is 8.03. The van der Waals surface area contributed by atoms with Crippen molar-refractivity contribution in [3.8, 4) is 5.69 Å². The van der Waals surface area contributed by atoms with Crippen LogP contribution in [0.5, 0.6) is 0 Å². The molecule has 1 aliphatic heterocycles. The number of alkyl halides is 3. The Bertz CT molecular complexity index is 1130. The van der Waals surface area contributed by atoms with Crippen molar-refractivity contribution in [1.82, 2.24) is 14.8 Å². The summed E-state index contributed by atoms with van der Waals surface area (Å²) in [6, 6.07) is 9.65. The predicted octanol–water partition coefficient (Wildman–Crippen LogP) is 3.93. The van der Waals surface area contributed by atoms with Crippen molar-refractivity contribution < 1.29 is 22.8 Å². The van der Waals surface area contributed by atoms with Gasteiger partial charge in [0.25, 0.3) is 0 Å². The topological polar surface area (TPSA) is 80.1 Å². The molecule has 7 nitrogen and oxygen atoms in total. The molecular weight excluding hydrogens is 435 g/mol. The van der Waals surface area contributed by atoms with E-state index in [0.29, 0.717) is 10.7 Å². The highest BCUT2D eigenvalue weighted by Crippen LogP contribution is 2.35. The van der Waals surface area contributed by atoms with E-state index in [1.165, 1.54) is 28.3 Å². The Balaban J connectivity index is 1.60. The molecule has 0 saturated carbocycles. The van der Waals surface area contributed by atoms with Crippen LogP contribution in [0.25, 0.3) is 5.69 Å². The standard InChI is InChI=1S/C20H15ClF3N5O2/c21-14-3-1-2-4-16(14)28-9-12(7-18(28)30)19(31)27-15-8-13(20(22,23)24)5-6-17(15)29-11-25-10-26-29/h1-6,8,10-12H,7,9H2,(H,27,31). The van der Waals surface area contributed by atoms with E-state index in [4.69, 9.17) is 11.6 Å². The first-order valence-corrected chi connectivity index (χ1v) is 9.54. The highest BCUT2D eigenvalue weighted by Gasteiger charge is 2.37. The van der Waals surface area contributed by atoms with Gasteiger partial charge in [-0.1, -0.05) is 23.7 Å². The third-order valence-electron chi connectivity index (χ3n) is 4.89. The lowest BCUT2D eigenvalue weighted by atomic mass is 10.1. The van der Waals surface area contributed by atoms with Crippen LogP contribution in [0.15, 0.2) is 55.1 Å². The zero-order valence-electron chi connectivity index (χ0n) is 15.8. The lowest BCUT2D eigenvalue weighted by Crippen LogP contribution is -2.28. The first-order chi connectivity index (χ1) is 14.7. The van der Waals surface area contributed by atoms with Crippen LogP contribution in [0.1, 0.15) is 12.0 Å². The van der Waals surface area contributed by atoms with Gasteiger partial charge in [-0.15, -0.1) is 0 Å². The molecule has 31 heavy (non-hydrogen) atoms. The minimum absolute atomic E-state index is 0.0615. The highest BCUT2D eigenvalue weighted by atomic mass is 35.5. The summed E-state index contributed by atoms with van der Waals surface area (Å²) in [5.74, 6) is -1.64. The SMILES string of the molecule is O=C(Nc1cc(C(F)(F)F)ccc1-n1cncn1)C1CC(=O)N(c2ccccc2Cl)C1. The van der Waals surface area contributed by atoms with E-state index >= 15 is 0 Å². The molecule has 0 radical (unpaired) electrons. The van der Waals surface area contributed by atoms with Gasteiger partial charge in [0.15, 0.2) is 0 Å². The van der Waals surface area contributed by atoms with Crippen LogP contribution in [0.3, 0.4) is 0 Å². The Morgan fingerprint density at radius 3 is 2.61 bits per heavy atom. The second-order valence-corrected chi connectivity index (χ2v) is 7.32. The Kier molecular flexibility index (Phi) is 5.40. The molecule has 2 aromatic carbocycles. The van der Waals surface area contributed by atoms with E-state index in [2.05, 4.69) is 15.4 Å². The summed E-state index contributed by atoms with van der Waals surface area (Å²) < 4.78 is 40.8. The number of hydrogen-bond acceptors (Lipinski definition) is 4. The maximum atomic E-state index is 13.2. The molecule has 0 bridgehead atoms. The minimum Gasteiger partial charge on any atom is -0.324 e. The van der Waals surface area contributed by atoms with Gasteiger partial charge in [-0.25, -0.2) is 9.67 Å². The number of para-hydroxylation sites is 1. The van der Waals surface area contributed by atoms with Crippen molar-refractivity contribution in [3.05, 3.63) is 65.7 Å². The Morgan fingerprint density at radius 1 is 1.16 bits per heavy atom. The second-order valence-electron chi connectivity index (χ2n) is 6.92. The van der Waals surface area contributed by atoms with Gasteiger partial charge in [0.05, 0.1) is 33.6 Å². The van der Waals surface area contributed by atoms with Crippen LogP contribution < -0.4 is 10.2 Å². The van der Waals surface area contributed by atoms with Crippen LogP contribution in [-0.2, 0) is 15.8 Å². The van der Waals surface area contributed by atoms with Crippen molar-refractivity contribution in [2.75, 3.05) is 16.8 Å². The number of aromatic nitrogens is 3. The largest absolute Gasteiger partial charge is 0.416 e. The summed E-state index contributed by atoms with van der Waals surface area (Å²) in [6.45, 7) is 0.0615. The molecule has 1 aromatic heterocycles. The van der Waals surface area contributed by atoms with Gasteiger partial charge in [-0.3, -0.25) is 9.59 Å².